The minimum absolute atomic E-state index is 0.773. The van der Waals surface area contributed by atoms with Gasteiger partial charge >= 0.3 is 0 Å². The van der Waals surface area contributed by atoms with Crippen molar-refractivity contribution in [1.82, 2.24) is 4.90 Å². The van der Waals surface area contributed by atoms with Gasteiger partial charge < -0.3 is 4.90 Å². The summed E-state index contributed by atoms with van der Waals surface area (Å²) in [6, 6.07) is 0. The maximum Gasteiger partial charge on any atom is 0.000966 e. The zero-order valence-electron chi connectivity index (χ0n) is 20.1. The summed E-state index contributed by atoms with van der Waals surface area (Å²) in [4.78, 5) is 2.86. The minimum atomic E-state index is 0.773. The number of likely N-dealkylation sites (tertiary alicyclic amines) is 1. The van der Waals surface area contributed by atoms with E-state index in [2.05, 4.69) is 32.6 Å². The Balaban J connectivity index is 1.65. The van der Waals surface area contributed by atoms with Crippen molar-refractivity contribution in [3.05, 3.63) is 0 Å². The van der Waals surface area contributed by atoms with Crippen molar-refractivity contribution >= 4 is 0 Å². The molecule has 1 heteroatoms. The van der Waals surface area contributed by atoms with E-state index in [0.717, 1.165) is 23.2 Å². The normalized spacial score (nSPS) is 22.3. The van der Waals surface area contributed by atoms with Crippen molar-refractivity contribution in [2.45, 2.75) is 130 Å². The fourth-order valence-electron chi connectivity index (χ4n) is 5.95. The van der Waals surface area contributed by atoms with Gasteiger partial charge in [0.25, 0.3) is 0 Å². The number of unbranched alkanes of at least 4 members (excludes halogenated alkanes) is 5. The molecule has 0 N–H and O–H groups in total. The topological polar surface area (TPSA) is 3.24 Å². The summed E-state index contributed by atoms with van der Waals surface area (Å²) >= 11 is 0. The van der Waals surface area contributed by atoms with Crippen molar-refractivity contribution < 1.29 is 0 Å². The Hall–Kier alpha value is -0.0400. The Morgan fingerprint density at radius 3 is 2.04 bits per heavy atom. The highest BCUT2D eigenvalue weighted by Gasteiger charge is 2.45. The Kier molecular flexibility index (Phi) is 11.5. The molecule has 0 aromatic rings. The van der Waals surface area contributed by atoms with Gasteiger partial charge in [-0.2, -0.15) is 0 Å². The van der Waals surface area contributed by atoms with E-state index >= 15 is 0 Å². The Morgan fingerprint density at radius 2 is 1.43 bits per heavy atom. The summed E-state index contributed by atoms with van der Waals surface area (Å²) in [6.07, 6.45) is 23.5. The first-order chi connectivity index (χ1) is 13.6. The van der Waals surface area contributed by atoms with E-state index in [1.165, 1.54) is 110 Å². The van der Waals surface area contributed by atoms with Crippen LogP contribution in [0.2, 0.25) is 0 Å². The number of hydrogen-bond donors (Lipinski definition) is 0. The third kappa shape index (κ3) is 8.37. The van der Waals surface area contributed by atoms with E-state index < -0.39 is 0 Å². The molecule has 2 unspecified atom stereocenters. The Bertz CT molecular complexity index is 374. The highest BCUT2D eigenvalue weighted by atomic mass is 15.1. The molecule has 1 nitrogen and oxygen atoms in total. The van der Waals surface area contributed by atoms with Crippen LogP contribution in [-0.4, -0.2) is 24.5 Å². The van der Waals surface area contributed by atoms with E-state index in [-0.39, 0.29) is 0 Å². The number of rotatable bonds is 15. The van der Waals surface area contributed by atoms with E-state index in [4.69, 9.17) is 0 Å². The minimum Gasteiger partial charge on any atom is -0.303 e. The van der Waals surface area contributed by atoms with Crippen LogP contribution in [0.5, 0.6) is 0 Å². The number of nitrogens with zero attached hydrogens (tertiary/aromatic N) is 1. The van der Waals surface area contributed by atoms with Gasteiger partial charge in [-0.15, -0.1) is 0 Å². The van der Waals surface area contributed by atoms with Crippen molar-refractivity contribution in [2.24, 2.45) is 23.2 Å². The second-order valence-corrected chi connectivity index (χ2v) is 10.9. The molecule has 1 spiro atoms. The van der Waals surface area contributed by atoms with Crippen LogP contribution in [0.15, 0.2) is 0 Å². The van der Waals surface area contributed by atoms with Crippen LogP contribution in [0.25, 0.3) is 0 Å². The first kappa shape index (κ1) is 24.2. The average molecular weight is 392 g/mol. The summed E-state index contributed by atoms with van der Waals surface area (Å²) in [5.41, 5.74) is 0.773. The van der Waals surface area contributed by atoms with Gasteiger partial charge in [0.1, 0.15) is 0 Å². The molecule has 1 saturated carbocycles. The van der Waals surface area contributed by atoms with Crippen LogP contribution >= 0.6 is 0 Å². The fraction of sp³-hybridized carbons (Fsp3) is 1.00. The van der Waals surface area contributed by atoms with E-state index in [0.29, 0.717) is 0 Å². The zero-order valence-corrected chi connectivity index (χ0v) is 20.1. The molecular weight excluding hydrogens is 338 g/mol. The smallest absolute Gasteiger partial charge is 0.000966 e. The molecule has 1 aliphatic carbocycles. The molecule has 0 radical (unpaired) electrons. The predicted octanol–water partition coefficient (Wildman–Crippen LogP) is 8.47. The molecular formula is C27H53N. The second-order valence-electron chi connectivity index (χ2n) is 10.9. The van der Waals surface area contributed by atoms with Crippen LogP contribution in [0.4, 0.5) is 0 Å². The van der Waals surface area contributed by atoms with Crippen LogP contribution in [0.1, 0.15) is 130 Å². The van der Waals surface area contributed by atoms with E-state index in [1.807, 2.05) is 0 Å². The van der Waals surface area contributed by atoms with Crippen molar-refractivity contribution in [3.63, 3.8) is 0 Å². The quantitative estimate of drug-likeness (QED) is 0.253. The van der Waals surface area contributed by atoms with Gasteiger partial charge in [0.15, 0.2) is 0 Å². The third-order valence-corrected chi connectivity index (χ3v) is 8.32. The van der Waals surface area contributed by atoms with Crippen LogP contribution in [0.3, 0.4) is 0 Å². The predicted molar refractivity (Wildman–Crippen MR) is 126 cm³/mol. The summed E-state index contributed by atoms with van der Waals surface area (Å²) in [5.74, 6) is 2.99. The first-order valence-electron chi connectivity index (χ1n) is 13.3. The molecule has 1 aliphatic heterocycles. The molecule has 0 amide bonds. The molecule has 1 saturated heterocycles. The Morgan fingerprint density at radius 1 is 0.821 bits per heavy atom. The van der Waals surface area contributed by atoms with Gasteiger partial charge in [-0.05, 0) is 74.8 Å². The lowest BCUT2D eigenvalue weighted by Crippen LogP contribution is -2.48. The molecule has 28 heavy (non-hydrogen) atoms. The van der Waals surface area contributed by atoms with E-state index in [1.54, 1.807) is 12.8 Å². The van der Waals surface area contributed by atoms with Crippen LogP contribution < -0.4 is 0 Å². The zero-order chi connectivity index (χ0) is 20.2. The molecule has 2 fully saturated rings. The summed E-state index contributed by atoms with van der Waals surface area (Å²) in [5, 5.41) is 0. The monoisotopic (exact) mass is 391 g/mol. The first-order valence-corrected chi connectivity index (χ1v) is 13.3. The number of hydrogen-bond acceptors (Lipinski definition) is 1. The van der Waals surface area contributed by atoms with Gasteiger partial charge in [0, 0.05) is 6.54 Å². The molecule has 166 valence electrons. The van der Waals surface area contributed by atoms with Crippen LogP contribution in [-0.2, 0) is 0 Å². The molecule has 2 aliphatic rings. The molecule has 2 atom stereocenters. The van der Waals surface area contributed by atoms with Gasteiger partial charge in [0.05, 0.1) is 0 Å². The van der Waals surface area contributed by atoms with Crippen molar-refractivity contribution in [2.75, 3.05) is 19.6 Å². The Labute approximate surface area is 178 Å². The van der Waals surface area contributed by atoms with Gasteiger partial charge in [-0.25, -0.2) is 0 Å². The highest BCUT2D eigenvalue weighted by Crippen LogP contribution is 2.54. The molecule has 0 bridgehead atoms. The molecule has 0 aromatic carbocycles. The lowest BCUT2D eigenvalue weighted by atomic mass is 9.56. The lowest BCUT2D eigenvalue weighted by molar-refractivity contribution is -0.0217. The maximum atomic E-state index is 2.86. The van der Waals surface area contributed by atoms with Gasteiger partial charge in [0.2, 0.25) is 0 Å². The molecule has 1 heterocycles. The van der Waals surface area contributed by atoms with Crippen LogP contribution in [0, 0.1) is 23.2 Å². The third-order valence-electron chi connectivity index (χ3n) is 8.32. The van der Waals surface area contributed by atoms with E-state index in [9.17, 15) is 0 Å². The molecule has 0 aromatic heterocycles. The average Bonchev–Trinajstić information content (AvgIpc) is 2.68. The SMILES string of the molecule is CCCCCCC(CCCCC)CN1CCC2(CC1)CC(CCC(C)CC)C2. The summed E-state index contributed by atoms with van der Waals surface area (Å²) in [6.45, 7) is 13.7. The van der Waals surface area contributed by atoms with Crippen molar-refractivity contribution in [3.8, 4) is 0 Å². The number of piperidine rings is 1. The highest BCUT2D eigenvalue weighted by molar-refractivity contribution is 4.97. The van der Waals surface area contributed by atoms with Gasteiger partial charge in [-0.3, -0.25) is 0 Å². The fourth-order valence-corrected chi connectivity index (χ4v) is 5.95. The largest absolute Gasteiger partial charge is 0.303 e. The summed E-state index contributed by atoms with van der Waals surface area (Å²) < 4.78 is 0. The summed E-state index contributed by atoms with van der Waals surface area (Å²) in [7, 11) is 0. The maximum absolute atomic E-state index is 2.86. The van der Waals surface area contributed by atoms with Gasteiger partial charge in [-0.1, -0.05) is 91.9 Å². The molecule has 2 rings (SSSR count). The van der Waals surface area contributed by atoms with Crippen molar-refractivity contribution in [1.29, 1.82) is 0 Å². The second kappa shape index (κ2) is 13.3. The lowest BCUT2D eigenvalue weighted by Gasteiger charge is -2.53. The standard InChI is InChI=1S/C27H53N/c1-5-8-10-12-14-25(13-11-9-6-2)23-28-19-17-27(18-20-28)21-26(22-27)16-15-24(4)7-3/h24-26H,5-23H2,1-4H3.